The lowest BCUT2D eigenvalue weighted by Crippen LogP contribution is -2.37. The predicted octanol–water partition coefficient (Wildman–Crippen LogP) is 0.909. The van der Waals surface area contributed by atoms with Crippen LogP contribution in [0.2, 0.25) is 0 Å². The molecule has 1 amide bonds. The van der Waals surface area contributed by atoms with Crippen molar-refractivity contribution in [3.63, 3.8) is 0 Å². The topological polar surface area (TPSA) is 83.9 Å². The second-order valence-electron chi connectivity index (χ2n) is 3.48. The van der Waals surface area contributed by atoms with Gasteiger partial charge in [0.25, 0.3) is 0 Å². The van der Waals surface area contributed by atoms with E-state index in [0.29, 0.717) is 6.29 Å². The number of aldehydes is 1. The van der Waals surface area contributed by atoms with E-state index in [-0.39, 0.29) is 13.2 Å². The van der Waals surface area contributed by atoms with Crippen molar-refractivity contribution in [1.82, 2.24) is 4.90 Å². The molecule has 0 atom stereocenters. The first-order valence-corrected chi connectivity index (χ1v) is 5.24. The van der Waals surface area contributed by atoms with E-state index in [9.17, 15) is 14.4 Å². The Labute approximate surface area is 104 Å². The van der Waals surface area contributed by atoms with Crippen LogP contribution in [0.15, 0.2) is 30.3 Å². The van der Waals surface area contributed by atoms with E-state index >= 15 is 0 Å². The number of nitrogens with zero attached hydrogens (tertiary/aromatic N) is 1. The molecule has 0 spiro atoms. The Morgan fingerprint density at radius 3 is 2.50 bits per heavy atom. The van der Waals surface area contributed by atoms with Crippen molar-refractivity contribution in [1.29, 1.82) is 0 Å². The molecule has 0 unspecified atom stereocenters. The lowest BCUT2D eigenvalue weighted by atomic mass is 10.2. The van der Waals surface area contributed by atoms with Crippen LogP contribution in [0, 0.1) is 0 Å². The molecule has 1 N–H and O–H groups in total. The molecular formula is C12H13NO5. The molecule has 0 fully saturated rings. The Hall–Kier alpha value is -2.37. The van der Waals surface area contributed by atoms with Gasteiger partial charge in [-0.2, -0.15) is 0 Å². The highest BCUT2D eigenvalue weighted by atomic mass is 16.6. The summed E-state index contributed by atoms with van der Waals surface area (Å²) < 4.78 is 4.91. The van der Waals surface area contributed by atoms with E-state index < -0.39 is 18.6 Å². The van der Waals surface area contributed by atoms with Gasteiger partial charge in [-0.25, -0.2) is 4.79 Å². The zero-order valence-corrected chi connectivity index (χ0v) is 9.61. The normalized spacial score (nSPS) is 9.56. The number of rotatable bonds is 6. The molecule has 0 radical (unpaired) electrons. The number of carbonyl (C=O) groups excluding carboxylic acids is 2. The molecule has 0 heterocycles. The number of ether oxygens (including phenoxy) is 1. The van der Waals surface area contributed by atoms with Crippen molar-refractivity contribution >= 4 is 18.3 Å². The highest BCUT2D eigenvalue weighted by Crippen LogP contribution is 2.03. The number of hydrogen-bond donors (Lipinski definition) is 1. The summed E-state index contributed by atoms with van der Waals surface area (Å²) in [7, 11) is 0. The summed E-state index contributed by atoms with van der Waals surface area (Å²) in [6.07, 6.45) is -0.374. The van der Waals surface area contributed by atoms with Gasteiger partial charge in [-0.1, -0.05) is 30.3 Å². The molecule has 1 rings (SSSR count). The molecule has 0 bridgehead atoms. The van der Waals surface area contributed by atoms with E-state index in [2.05, 4.69) is 0 Å². The largest absolute Gasteiger partial charge is 0.480 e. The third kappa shape index (κ3) is 4.65. The minimum atomic E-state index is -1.20. The van der Waals surface area contributed by atoms with E-state index in [4.69, 9.17) is 9.84 Å². The number of benzene rings is 1. The average molecular weight is 251 g/mol. The van der Waals surface area contributed by atoms with Crippen LogP contribution in [0.4, 0.5) is 4.79 Å². The molecule has 0 aromatic heterocycles. The van der Waals surface area contributed by atoms with Crippen LogP contribution >= 0.6 is 0 Å². The van der Waals surface area contributed by atoms with Crippen molar-refractivity contribution in [2.45, 2.75) is 6.61 Å². The van der Waals surface area contributed by atoms with E-state index in [1.807, 2.05) is 6.07 Å². The Balaban J connectivity index is 2.51. The van der Waals surface area contributed by atoms with Gasteiger partial charge in [0.15, 0.2) is 0 Å². The smallest absolute Gasteiger partial charge is 0.411 e. The quantitative estimate of drug-likeness (QED) is 0.759. The molecule has 1 aromatic rings. The van der Waals surface area contributed by atoms with Crippen molar-refractivity contribution < 1.29 is 24.2 Å². The maximum atomic E-state index is 11.5. The summed E-state index contributed by atoms with van der Waals surface area (Å²) in [6, 6.07) is 8.96. The molecule has 18 heavy (non-hydrogen) atoms. The molecule has 0 saturated carbocycles. The van der Waals surface area contributed by atoms with Crippen LogP contribution in [-0.2, 0) is 20.9 Å². The maximum Gasteiger partial charge on any atom is 0.411 e. The summed E-state index contributed by atoms with van der Waals surface area (Å²) in [6.45, 7) is -0.832. The first-order valence-electron chi connectivity index (χ1n) is 5.24. The van der Waals surface area contributed by atoms with Crippen LogP contribution in [-0.4, -0.2) is 41.4 Å². The molecule has 6 nitrogen and oxygen atoms in total. The zero-order chi connectivity index (χ0) is 13.4. The summed E-state index contributed by atoms with van der Waals surface area (Å²) >= 11 is 0. The Morgan fingerprint density at radius 2 is 1.94 bits per heavy atom. The summed E-state index contributed by atoms with van der Waals surface area (Å²) in [5.41, 5.74) is 0.784. The van der Waals surface area contributed by atoms with Crippen molar-refractivity contribution in [2.75, 3.05) is 13.1 Å². The molecule has 6 heteroatoms. The predicted molar refractivity (Wildman–Crippen MR) is 61.9 cm³/mol. The fraction of sp³-hybridized carbons (Fsp3) is 0.250. The van der Waals surface area contributed by atoms with Gasteiger partial charge in [-0.3, -0.25) is 9.69 Å². The third-order valence-electron chi connectivity index (χ3n) is 2.08. The Kier molecular flexibility index (Phi) is 5.37. The van der Waals surface area contributed by atoms with E-state index in [1.54, 1.807) is 24.3 Å². The third-order valence-corrected chi connectivity index (χ3v) is 2.08. The minimum Gasteiger partial charge on any atom is -0.480 e. The molecule has 96 valence electrons. The van der Waals surface area contributed by atoms with Gasteiger partial charge in [-0.15, -0.1) is 0 Å². The monoisotopic (exact) mass is 251 g/mol. The van der Waals surface area contributed by atoms with Crippen molar-refractivity contribution in [3.05, 3.63) is 35.9 Å². The molecule has 0 aliphatic carbocycles. The van der Waals surface area contributed by atoms with Gasteiger partial charge in [0.05, 0.1) is 6.54 Å². The van der Waals surface area contributed by atoms with Crippen LogP contribution < -0.4 is 0 Å². The maximum absolute atomic E-state index is 11.5. The fourth-order valence-corrected chi connectivity index (χ4v) is 1.27. The zero-order valence-electron chi connectivity index (χ0n) is 9.61. The number of amides is 1. The average Bonchev–Trinajstić information content (AvgIpc) is 2.36. The first kappa shape index (κ1) is 13.7. The number of hydrogen-bond acceptors (Lipinski definition) is 4. The Morgan fingerprint density at radius 1 is 1.28 bits per heavy atom. The molecule has 0 aliphatic heterocycles. The van der Waals surface area contributed by atoms with Gasteiger partial charge in [0.1, 0.15) is 19.4 Å². The Bertz CT molecular complexity index is 418. The molecule has 0 aliphatic rings. The van der Waals surface area contributed by atoms with Crippen LogP contribution in [0.25, 0.3) is 0 Å². The van der Waals surface area contributed by atoms with Crippen LogP contribution in [0.5, 0.6) is 0 Å². The standard InChI is InChI=1S/C12H13NO5/c14-7-6-13(8-11(15)16)12(17)18-9-10-4-2-1-3-5-10/h1-5,7H,6,8-9H2,(H,15,16). The summed E-state index contributed by atoms with van der Waals surface area (Å²) in [5.74, 6) is -1.20. The minimum absolute atomic E-state index is 0.0364. The second kappa shape index (κ2) is 7.05. The second-order valence-corrected chi connectivity index (χ2v) is 3.48. The SMILES string of the molecule is O=CCN(CC(=O)O)C(=O)OCc1ccccc1. The summed E-state index contributed by atoms with van der Waals surface area (Å²) in [5, 5.41) is 8.58. The van der Waals surface area contributed by atoms with Gasteiger partial charge in [0, 0.05) is 0 Å². The number of aliphatic carboxylic acids is 1. The number of carbonyl (C=O) groups is 3. The van der Waals surface area contributed by atoms with Crippen LogP contribution in [0.3, 0.4) is 0 Å². The van der Waals surface area contributed by atoms with E-state index in [1.165, 1.54) is 0 Å². The van der Waals surface area contributed by atoms with Gasteiger partial charge >= 0.3 is 12.1 Å². The molecule has 0 saturated heterocycles. The highest BCUT2D eigenvalue weighted by molar-refractivity contribution is 5.78. The summed E-state index contributed by atoms with van der Waals surface area (Å²) in [4.78, 5) is 33.2. The fourth-order valence-electron chi connectivity index (χ4n) is 1.27. The number of carboxylic acid groups (broad SMARTS) is 1. The van der Waals surface area contributed by atoms with Gasteiger partial charge in [-0.05, 0) is 5.56 Å². The first-order chi connectivity index (χ1) is 8.63. The van der Waals surface area contributed by atoms with Gasteiger partial charge < -0.3 is 14.6 Å². The van der Waals surface area contributed by atoms with Crippen molar-refractivity contribution in [3.8, 4) is 0 Å². The highest BCUT2D eigenvalue weighted by Gasteiger charge is 2.17. The van der Waals surface area contributed by atoms with Gasteiger partial charge in [0.2, 0.25) is 0 Å². The lowest BCUT2D eigenvalue weighted by molar-refractivity contribution is -0.138. The van der Waals surface area contributed by atoms with Crippen molar-refractivity contribution in [2.24, 2.45) is 0 Å². The number of carboxylic acids is 1. The molecule has 1 aromatic carbocycles. The lowest BCUT2D eigenvalue weighted by Gasteiger charge is -2.17. The van der Waals surface area contributed by atoms with Crippen LogP contribution in [0.1, 0.15) is 5.56 Å². The molecular weight excluding hydrogens is 238 g/mol. The van der Waals surface area contributed by atoms with E-state index in [0.717, 1.165) is 10.5 Å².